The van der Waals surface area contributed by atoms with Crippen LogP contribution in [-0.4, -0.2) is 50.3 Å². The van der Waals surface area contributed by atoms with Gasteiger partial charge in [0.2, 0.25) is 0 Å². The molecule has 11 heteroatoms. The van der Waals surface area contributed by atoms with Gasteiger partial charge in [0.25, 0.3) is 21.6 Å². The number of carbonyl (C=O) groups is 1. The summed E-state index contributed by atoms with van der Waals surface area (Å²) in [5.41, 5.74) is 2.40. The summed E-state index contributed by atoms with van der Waals surface area (Å²) in [7, 11) is -4.04. The van der Waals surface area contributed by atoms with E-state index in [0.717, 1.165) is 17.3 Å². The number of rotatable bonds is 6. The van der Waals surface area contributed by atoms with Gasteiger partial charge in [-0.15, -0.1) is 0 Å². The third-order valence-corrected chi connectivity index (χ3v) is 7.55. The third-order valence-electron chi connectivity index (χ3n) is 5.85. The minimum Gasteiger partial charge on any atom is -0.368 e. The number of hydrogen-bond donors (Lipinski definition) is 1. The van der Waals surface area contributed by atoms with Crippen LogP contribution in [0.1, 0.15) is 15.9 Å². The van der Waals surface area contributed by atoms with Gasteiger partial charge in [-0.2, -0.15) is 0 Å². The van der Waals surface area contributed by atoms with E-state index in [2.05, 4.69) is 9.62 Å². The van der Waals surface area contributed by atoms with Crippen LogP contribution in [0.5, 0.6) is 0 Å². The number of hydrogen-bond acceptors (Lipinski definition) is 6. The second-order valence-corrected chi connectivity index (χ2v) is 10.2. The Morgan fingerprint density at radius 1 is 1.00 bits per heavy atom. The molecule has 182 valence electrons. The Labute approximate surface area is 208 Å². The molecule has 4 rings (SSSR count). The Balaban J connectivity index is 1.40. The molecule has 0 spiro atoms. The highest BCUT2D eigenvalue weighted by atomic mass is 35.5. The van der Waals surface area contributed by atoms with Gasteiger partial charge >= 0.3 is 0 Å². The van der Waals surface area contributed by atoms with Crippen molar-refractivity contribution in [3.05, 3.63) is 93.0 Å². The van der Waals surface area contributed by atoms with Gasteiger partial charge in [0.1, 0.15) is 5.02 Å². The van der Waals surface area contributed by atoms with Crippen LogP contribution < -0.4 is 9.62 Å². The second-order valence-electron chi connectivity index (χ2n) is 8.12. The molecule has 1 heterocycles. The van der Waals surface area contributed by atoms with Gasteiger partial charge in [0.05, 0.1) is 9.82 Å². The van der Waals surface area contributed by atoms with Gasteiger partial charge in [-0.1, -0.05) is 29.8 Å². The molecule has 0 radical (unpaired) electrons. The van der Waals surface area contributed by atoms with E-state index < -0.39 is 20.6 Å². The number of carbonyl (C=O) groups excluding carboxylic acids is 1. The molecule has 1 fully saturated rings. The maximum atomic E-state index is 12.8. The lowest BCUT2D eigenvalue weighted by atomic mass is 10.1. The van der Waals surface area contributed by atoms with Gasteiger partial charge < -0.3 is 9.80 Å². The molecular weight excluding hydrogens is 492 g/mol. The van der Waals surface area contributed by atoms with Crippen LogP contribution in [-0.2, 0) is 10.0 Å². The van der Waals surface area contributed by atoms with Crippen LogP contribution >= 0.6 is 11.6 Å². The van der Waals surface area contributed by atoms with Crippen LogP contribution in [0, 0.1) is 17.0 Å². The number of nitro groups is 1. The van der Waals surface area contributed by atoms with Gasteiger partial charge in [-0.05, 0) is 55.0 Å². The molecule has 0 atom stereocenters. The molecule has 0 aliphatic carbocycles. The van der Waals surface area contributed by atoms with Crippen LogP contribution in [0.15, 0.2) is 71.6 Å². The van der Waals surface area contributed by atoms with Crippen LogP contribution in [0.2, 0.25) is 5.02 Å². The zero-order valence-electron chi connectivity index (χ0n) is 18.8. The Bertz CT molecular complexity index is 1370. The molecule has 1 aliphatic rings. The molecule has 0 bridgehead atoms. The average Bonchev–Trinajstić information content (AvgIpc) is 2.84. The van der Waals surface area contributed by atoms with Crippen molar-refractivity contribution < 1.29 is 18.1 Å². The normalized spacial score (nSPS) is 14.0. The van der Waals surface area contributed by atoms with Crippen molar-refractivity contribution in [3.63, 3.8) is 0 Å². The van der Waals surface area contributed by atoms with E-state index >= 15 is 0 Å². The van der Waals surface area contributed by atoms with E-state index in [0.29, 0.717) is 37.4 Å². The number of nitrogens with zero attached hydrogens (tertiary/aromatic N) is 3. The highest BCUT2D eigenvalue weighted by Crippen LogP contribution is 2.28. The van der Waals surface area contributed by atoms with Crippen molar-refractivity contribution in [2.24, 2.45) is 0 Å². The standard InChI is InChI=1S/C24H23ClN4O5S/c1-17-4-2-3-5-21(17)24(30)28-14-12-27(13-15-28)19-8-6-18(7-9-19)26-35(33,34)20-10-11-22(25)23(16-20)29(31)32/h2-11,16,26H,12-15H2,1H3. The van der Waals surface area contributed by atoms with Crippen molar-refractivity contribution in [2.45, 2.75) is 11.8 Å². The topological polar surface area (TPSA) is 113 Å². The summed E-state index contributed by atoms with van der Waals surface area (Å²) < 4.78 is 27.8. The first-order valence-electron chi connectivity index (χ1n) is 10.8. The first-order valence-corrected chi connectivity index (χ1v) is 12.7. The van der Waals surface area contributed by atoms with Gasteiger partial charge in [0.15, 0.2) is 0 Å². The van der Waals surface area contributed by atoms with Crippen molar-refractivity contribution >= 4 is 44.6 Å². The molecule has 1 amide bonds. The van der Waals surface area contributed by atoms with Crippen molar-refractivity contribution in [1.82, 2.24) is 4.90 Å². The van der Waals surface area contributed by atoms with Gasteiger partial charge in [-0.25, -0.2) is 8.42 Å². The molecule has 1 aliphatic heterocycles. The number of halogens is 1. The predicted octanol–water partition coefficient (Wildman–Crippen LogP) is 4.32. The number of sulfonamides is 1. The summed E-state index contributed by atoms with van der Waals surface area (Å²) in [6.45, 7) is 4.38. The summed E-state index contributed by atoms with van der Waals surface area (Å²) in [6, 6.07) is 17.7. The van der Waals surface area contributed by atoms with E-state index in [4.69, 9.17) is 11.6 Å². The van der Waals surface area contributed by atoms with E-state index in [9.17, 15) is 23.3 Å². The van der Waals surface area contributed by atoms with E-state index in [1.54, 1.807) is 24.3 Å². The number of amides is 1. The fourth-order valence-electron chi connectivity index (χ4n) is 3.90. The maximum Gasteiger partial charge on any atom is 0.289 e. The summed E-state index contributed by atoms with van der Waals surface area (Å²) in [5.74, 6) is 0.0231. The first-order chi connectivity index (χ1) is 16.7. The van der Waals surface area contributed by atoms with Crippen LogP contribution in [0.25, 0.3) is 0 Å². The number of nitro benzene ring substituents is 1. The molecule has 1 N–H and O–H groups in total. The van der Waals surface area contributed by atoms with E-state index in [1.165, 1.54) is 12.1 Å². The Morgan fingerprint density at radius 2 is 1.66 bits per heavy atom. The van der Waals surface area contributed by atoms with Crippen molar-refractivity contribution in [1.29, 1.82) is 0 Å². The zero-order valence-corrected chi connectivity index (χ0v) is 20.4. The fraction of sp³-hybridized carbons (Fsp3) is 0.208. The smallest absolute Gasteiger partial charge is 0.289 e. The molecule has 3 aromatic carbocycles. The molecular formula is C24H23ClN4O5S. The molecule has 0 unspecified atom stereocenters. The zero-order chi connectivity index (χ0) is 25.2. The minimum atomic E-state index is -4.04. The number of anilines is 2. The second kappa shape index (κ2) is 9.93. The molecule has 35 heavy (non-hydrogen) atoms. The van der Waals surface area contributed by atoms with Crippen LogP contribution in [0.3, 0.4) is 0 Å². The summed E-state index contributed by atoms with van der Waals surface area (Å²) >= 11 is 5.77. The van der Waals surface area contributed by atoms with Crippen molar-refractivity contribution in [3.8, 4) is 0 Å². The largest absolute Gasteiger partial charge is 0.368 e. The number of nitrogens with one attached hydrogen (secondary N) is 1. The highest BCUT2D eigenvalue weighted by molar-refractivity contribution is 7.92. The fourth-order valence-corrected chi connectivity index (χ4v) is 5.17. The van der Waals surface area contributed by atoms with Gasteiger partial charge in [0, 0.05) is 49.2 Å². The monoisotopic (exact) mass is 514 g/mol. The molecule has 0 aromatic heterocycles. The third kappa shape index (κ3) is 5.39. The van der Waals surface area contributed by atoms with Crippen molar-refractivity contribution in [2.75, 3.05) is 35.8 Å². The maximum absolute atomic E-state index is 12.8. The molecule has 9 nitrogen and oxygen atoms in total. The SMILES string of the molecule is Cc1ccccc1C(=O)N1CCN(c2ccc(NS(=O)(=O)c3ccc(Cl)c([N+](=O)[O-])c3)cc2)CC1. The average molecular weight is 515 g/mol. The first kappa shape index (κ1) is 24.5. The summed E-state index contributed by atoms with van der Waals surface area (Å²) in [4.78, 5) is 26.9. The number of piperazine rings is 1. The molecule has 3 aromatic rings. The Morgan fingerprint density at radius 3 is 2.29 bits per heavy atom. The highest BCUT2D eigenvalue weighted by Gasteiger charge is 2.24. The predicted molar refractivity (Wildman–Crippen MR) is 135 cm³/mol. The molecule has 0 saturated carbocycles. The van der Waals surface area contributed by atoms with E-state index in [1.807, 2.05) is 36.1 Å². The van der Waals surface area contributed by atoms with Crippen LogP contribution in [0.4, 0.5) is 17.1 Å². The lowest BCUT2D eigenvalue weighted by molar-refractivity contribution is -0.384. The van der Waals surface area contributed by atoms with E-state index in [-0.39, 0.29) is 15.8 Å². The molecule has 1 saturated heterocycles. The quantitative estimate of drug-likeness (QED) is 0.387. The summed E-state index contributed by atoms with van der Waals surface area (Å²) in [5, 5.41) is 10.9. The Kier molecular flexibility index (Phi) is 6.95. The number of aryl methyl sites for hydroxylation is 1. The lowest BCUT2D eigenvalue weighted by Crippen LogP contribution is -2.48. The summed E-state index contributed by atoms with van der Waals surface area (Å²) in [6.07, 6.45) is 0. The Hall–Kier alpha value is -3.63. The minimum absolute atomic E-state index is 0.0231. The lowest BCUT2D eigenvalue weighted by Gasteiger charge is -2.36. The number of benzene rings is 3. The van der Waals surface area contributed by atoms with Gasteiger partial charge in [-0.3, -0.25) is 19.6 Å².